The van der Waals surface area contributed by atoms with E-state index >= 15 is 0 Å². The lowest BCUT2D eigenvalue weighted by Crippen LogP contribution is -2.18. The molecule has 3 aromatic carbocycles. The van der Waals surface area contributed by atoms with Gasteiger partial charge in [-0.2, -0.15) is 0 Å². The van der Waals surface area contributed by atoms with Gasteiger partial charge in [0.1, 0.15) is 0 Å². The third kappa shape index (κ3) is 5.48. The summed E-state index contributed by atoms with van der Waals surface area (Å²) < 4.78 is 53.3. The number of rotatable bonds is 7. The number of nitrogens with one attached hydrogen (secondary N) is 3. The molecule has 0 bridgehead atoms. The van der Waals surface area contributed by atoms with Crippen LogP contribution in [0.5, 0.6) is 0 Å². The van der Waals surface area contributed by atoms with E-state index in [2.05, 4.69) is 14.8 Å². The molecule has 0 unspecified atom stereocenters. The van der Waals surface area contributed by atoms with E-state index < -0.39 is 26.0 Å². The minimum absolute atomic E-state index is 0.0699. The highest BCUT2D eigenvalue weighted by molar-refractivity contribution is 7.92. The largest absolute Gasteiger partial charge is 0.322 e. The number of hydrogen-bond acceptors (Lipinski definition) is 5. The number of carbonyl (C=O) groups is 1. The highest BCUT2D eigenvalue weighted by atomic mass is 32.2. The van der Waals surface area contributed by atoms with Gasteiger partial charge in [0.15, 0.2) is 0 Å². The summed E-state index contributed by atoms with van der Waals surface area (Å²) in [5.74, 6) is -0.472. The van der Waals surface area contributed by atoms with Crippen LogP contribution in [0, 0.1) is 6.92 Å². The topological polar surface area (TPSA) is 121 Å². The second-order valence-electron chi connectivity index (χ2n) is 6.69. The predicted molar refractivity (Wildman–Crippen MR) is 119 cm³/mol. The highest BCUT2D eigenvalue weighted by Crippen LogP contribution is 2.19. The lowest BCUT2D eigenvalue weighted by molar-refractivity contribution is 0.102. The van der Waals surface area contributed by atoms with Crippen LogP contribution >= 0.6 is 0 Å². The Hall–Kier alpha value is -3.21. The van der Waals surface area contributed by atoms with Crippen molar-refractivity contribution in [3.63, 3.8) is 0 Å². The number of sulfonamides is 2. The van der Waals surface area contributed by atoms with Gasteiger partial charge >= 0.3 is 0 Å². The molecule has 0 radical (unpaired) electrons. The first-order valence-corrected chi connectivity index (χ1v) is 12.1. The minimum Gasteiger partial charge on any atom is -0.322 e. The summed E-state index contributed by atoms with van der Waals surface area (Å²) in [6, 6.07) is 18.1. The predicted octanol–water partition coefficient (Wildman–Crippen LogP) is 2.96. The van der Waals surface area contributed by atoms with Gasteiger partial charge in [-0.15, -0.1) is 0 Å². The van der Waals surface area contributed by atoms with Gasteiger partial charge in [-0.3, -0.25) is 9.52 Å². The van der Waals surface area contributed by atoms with Crippen molar-refractivity contribution >= 4 is 37.3 Å². The van der Waals surface area contributed by atoms with E-state index in [1.807, 2.05) is 6.92 Å². The van der Waals surface area contributed by atoms with Crippen LogP contribution in [0.3, 0.4) is 0 Å². The molecule has 0 spiro atoms. The minimum atomic E-state index is -3.80. The van der Waals surface area contributed by atoms with Crippen LogP contribution in [0.15, 0.2) is 82.6 Å². The zero-order valence-corrected chi connectivity index (χ0v) is 18.4. The Kier molecular flexibility index (Phi) is 6.44. The Morgan fingerprint density at radius 3 is 1.94 bits per heavy atom. The van der Waals surface area contributed by atoms with Crippen molar-refractivity contribution in [3.05, 3.63) is 83.9 Å². The van der Waals surface area contributed by atoms with Gasteiger partial charge in [0.25, 0.3) is 15.9 Å². The van der Waals surface area contributed by atoms with Gasteiger partial charge in [0.2, 0.25) is 10.0 Å². The van der Waals surface area contributed by atoms with Crippen molar-refractivity contribution in [1.29, 1.82) is 0 Å². The molecule has 0 aliphatic heterocycles. The van der Waals surface area contributed by atoms with E-state index in [0.717, 1.165) is 5.56 Å². The van der Waals surface area contributed by atoms with E-state index in [1.165, 1.54) is 49.5 Å². The van der Waals surface area contributed by atoms with Gasteiger partial charge in [-0.1, -0.05) is 23.8 Å². The molecule has 8 nitrogen and oxygen atoms in total. The molecule has 0 saturated heterocycles. The number of anilines is 2. The Labute approximate surface area is 181 Å². The molecule has 10 heteroatoms. The molecule has 0 aliphatic carbocycles. The summed E-state index contributed by atoms with van der Waals surface area (Å²) in [5.41, 5.74) is 1.81. The zero-order valence-electron chi connectivity index (χ0n) is 16.8. The quantitative estimate of drug-likeness (QED) is 0.502. The zero-order chi connectivity index (χ0) is 22.6. The average Bonchev–Trinajstić information content (AvgIpc) is 2.74. The normalized spacial score (nSPS) is 11.7. The molecule has 3 rings (SSSR count). The van der Waals surface area contributed by atoms with E-state index in [9.17, 15) is 21.6 Å². The second-order valence-corrected chi connectivity index (χ2v) is 10.3. The number of benzene rings is 3. The lowest BCUT2D eigenvalue weighted by Gasteiger charge is -2.11. The molecular formula is C21H21N3O5S2. The van der Waals surface area contributed by atoms with Crippen molar-refractivity contribution in [2.24, 2.45) is 0 Å². The molecular weight excluding hydrogens is 438 g/mol. The Bertz CT molecular complexity index is 1300. The molecule has 0 heterocycles. The first-order valence-electron chi connectivity index (χ1n) is 9.15. The third-order valence-electron chi connectivity index (χ3n) is 4.40. The van der Waals surface area contributed by atoms with Gasteiger partial charge in [0, 0.05) is 16.9 Å². The van der Waals surface area contributed by atoms with Crippen molar-refractivity contribution in [2.45, 2.75) is 16.7 Å². The maximum Gasteiger partial charge on any atom is 0.261 e. The summed E-state index contributed by atoms with van der Waals surface area (Å²) in [6.07, 6.45) is 0. The van der Waals surface area contributed by atoms with Crippen LogP contribution in [0.2, 0.25) is 0 Å². The summed E-state index contributed by atoms with van der Waals surface area (Å²) in [5, 5.41) is 2.65. The fraction of sp³-hybridized carbons (Fsp3) is 0.0952. The van der Waals surface area contributed by atoms with Crippen molar-refractivity contribution in [3.8, 4) is 0 Å². The van der Waals surface area contributed by atoms with Gasteiger partial charge in [-0.05, 0) is 68.6 Å². The van der Waals surface area contributed by atoms with Crippen LogP contribution in [0.25, 0.3) is 0 Å². The van der Waals surface area contributed by atoms with Crippen LogP contribution < -0.4 is 14.8 Å². The molecule has 162 valence electrons. The van der Waals surface area contributed by atoms with Gasteiger partial charge in [0.05, 0.1) is 9.79 Å². The summed E-state index contributed by atoms with van der Waals surface area (Å²) >= 11 is 0. The fourth-order valence-corrected chi connectivity index (χ4v) is 4.47. The third-order valence-corrected chi connectivity index (χ3v) is 7.23. The molecule has 0 aliphatic rings. The highest BCUT2D eigenvalue weighted by Gasteiger charge is 2.16. The molecule has 0 saturated carbocycles. The smallest absolute Gasteiger partial charge is 0.261 e. The van der Waals surface area contributed by atoms with E-state index in [4.69, 9.17) is 0 Å². The Morgan fingerprint density at radius 2 is 1.32 bits per heavy atom. The van der Waals surface area contributed by atoms with E-state index in [1.54, 1.807) is 30.3 Å². The summed E-state index contributed by atoms with van der Waals surface area (Å²) in [7, 11) is -6.06. The Balaban J connectivity index is 1.75. The van der Waals surface area contributed by atoms with E-state index in [0.29, 0.717) is 5.69 Å². The standard InChI is InChI=1S/C21H21N3O5S2/c1-15-6-10-20(11-7-15)31(28,29)24-18-5-3-4-16(14-18)21(25)23-17-8-12-19(13-9-17)30(26,27)22-2/h3-14,22,24H,1-2H3,(H,23,25). The van der Waals surface area contributed by atoms with Crippen LogP contribution in [-0.4, -0.2) is 29.8 Å². The Morgan fingerprint density at radius 1 is 0.742 bits per heavy atom. The molecule has 1 amide bonds. The van der Waals surface area contributed by atoms with Crippen LogP contribution in [0.4, 0.5) is 11.4 Å². The van der Waals surface area contributed by atoms with Crippen LogP contribution in [0.1, 0.15) is 15.9 Å². The molecule has 0 fully saturated rings. The number of aryl methyl sites for hydroxylation is 1. The molecule has 0 aromatic heterocycles. The second kappa shape index (κ2) is 8.88. The molecule has 0 atom stereocenters. The first kappa shape index (κ1) is 22.5. The number of carbonyl (C=O) groups excluding carboxylic acids is 1. The number of amides is 1. The van der Waals surface area contributed by atoms with E-state index in [-0.39, 0.29) is 21.0 Å². The van der Waals surface area contributed by atoms with Crippen molar-refractivity contribution in [2.75, 3.05) is 17.1 Å². The molecule has 31 heavy (non-hydrogen) atoms. The van der Waals surface area contributed by atoms with Gasteiger partial charge < -0.3 is 5.32 Å². The lowest BCUT2D eigenvalue weighted by atomic mass is 10.2. The van der Waals surface area contributed by atoms with Gasteiger partial charge in [-0.25, -0.2) is 21.6 Å². The van der Waals surface area contributed by atoms with Crippen molar-refractivity contribution < 1.29 is 21.6 Å². The SMILES string of the molecule is CNS(=O)(=O)c1ccc(NC(=O)c2cccc(NS(=O)(=O)c3ccc(C)cc3)c2)cc1. The maximum absolute atomic E-state index is 12.6. The number of hydrogen-bond donors (Lipinski definition) is 3. The van der Waals surface area contributed by atoms with Crippen molar-refractivity contribution in [1.82, 2.24) is 4.72 Å². The maximum atomic E-state index is 12.6. The summed E-state index contributed by atoms with van der Waals surface area (Å²) in [4.78, 5) is 12.7. The monoisotopic (exact) mass is 459 g/mol. The average molecular weight is 460 g/mol. The first-order chi connectivity index (χ1) is 14.6. The fourth-order valence-electron chi connectivity index (χ4n) is 2.69. The molecule has 3 aromatic rings. The summed E-state index contributed by atoms with van der Waals surface area (Å²) in [6.45, 7) is 1.86. The molecule has 3 N–H and O–H groups in total. The van der Waals surface area contributed by atoms with Crippen LogP contribution in [-0.2, 0) is 20.0 Å².